The number of nitrogens with zero attached hydrogens (tertiary/aromatic N) is 3. The van der Waals surface area contributed by atoms with Gasteiger partial charge in [0.05, 0.1) is 12.1 Å². The molecule has 0 unspecified atom stereocenters. The molecule has 0 saturated carbocycles. The van der Waals surface area contributed by atoms with Gasteiger partial charge >= 0.3 is 0 Å². The van der Waals surface area contributed by atoms with Crippen molar-refractivity contribution in [3.8, 4) is 0 Å². The number of anilines is 1. The van der Waals surface area contributed by atoms with Gasteiger partial charge in [0.1, 0.15) is 10.7 Å². The number of nitrogens with one attached hydrogen (secondary N) is 1. The van der Waals surface area contributed by atoms with Gasteiger partial charge < -0.3 is 13.7 Å². The van der Waals surface area contributed by atoms with E-state index < -0.39 is 0 Å². The molecule has 0 aliphatic rings. The van der Waals surface area contributed by atoms with E-state index in [-0.39, 0.29) is 5.91 Å². The van der Waals surface area contributed by atoms with Crippen LogP contribution in [0.15, 0.2) is 21.2 Å². The standard InChI is InChI=1S/C16H19BrN4O3S/c1-9(2)6-14-19-20-16(25-14)18-15(22)11-7-12-10(8-13(17)24-12)21(11)4-5-23-3/h7-9H,4-6H2,1-3H3,(H,18,20,22). The number of carbonyl (C=O) groups excluding carboxylic acids is 1. The third kappa shape index (κ3) is 4.10. The maximum absolute atomic E-state index is 12.7. The summed E-state index contributed by atoms with van der Waals surface area (Å²) in [6.07, 6.45) is 0.846. The van der Waals surface area contributed by atoms with Crippen LogP contribution in [0.2, 0.25) is 0 Å². The predicted octanol–water partition coefficient (Wildman–Crippen LogP) is 3.95. The lowest BCUT2D eigenvalue weighted by atomic mass is 10.1. The van der Waals surface area contributed by atoms with E-state index in [2.05, 4.69) is 45.3 Å². The second-order valence-electron chi connectivity index (χ2n) is 6.03. The maximum atomic E-state index is 12.7. The van der Waals surface area contributed by atoms with Gasteiger partial charge in [-0.05, 0) is 21.8 Å². The molecule has 9 heteroatoms. The Morgan fingerprint density at radius 3 is 2.96 bits per heavy atom. The van der Waals surface area contributed by atoms with Crippen LogP contribution in [0.5, 0.6) is 0 Å². The number of hydrogen-bond acceptors (Lipinski definition) is 6. The molecule has 3 aromatic rings. The van der Waals surface area contributed by atoms with E-state index in [0.717, 1.165) is 16.9 Å². The molecule has 0 saturated heterocycles. The Morgan fingerprint density at radius 2 is 2.24 bits per heavy atom. The van der Waals surface area contributed by atoms with Gasteiger partial charge in [-0.2, -0.15) is 0 Å². The van der Waals surface area contributed by atoms with Crippen molar-refractivity contribution >= 4 is 49.4 Å². The lowest BCUT2D eigenvalue weighted by Crippen LogP contribution is -2.18. The minimum Gasteiger partial charge on any atom is -0.448 e. The Kier molecular flexibility index (Phi) is 5.55. The number of aromatic nitrogens is 3. The fraction of sp³-hybridized carbons (Fsp3) is 0.438. The second-order valence-corrected chi connectivity index (χ2v) is 7.87. The average molecular weight is 427 g/mol. The van der Waals surface area contributed by atoms with Crippen molar-refractivity contribution in [2.24, 2.45) is 5.92 Å². The Balaban J connectivity index is 1.83. The summed E-state index contributed by atoms with van der Waals surface area (Å²) in [5.41, 5.74) is 1.98. The molecule has 0 spiro atoms. The molecule has 1 amide bonds. The van der Waals surface area contributed by atoms with Crippen molar-refractivity contribution in [1.82, 2.24) is 14.8 Å². The number of rotatable bonds is 7. The largest absolute Gasteiger partial charge is 0.448 e. The van der Waals surface area contributed by atoms with Crippen LogP contribution in [0.25, 0.3) is 11.1 Å². The number of methoxy groups -OCH3 is 1. The van der Waals surface area contributed by atoms with E-state index in [1.54, 1.807) is 13.2 Å². The summed E-state index contributed by atoms with van der Waals surface area (Å²) in [4.78, 5) is 12.7. The van der Waals surface area contributed by atoms with Crippen LogP contribution in [0.3, 0.4) is 0 Å². The zero-order valence-electron chi connectivity index (χ0n) is 14.2. The van der Waals surface area contributed by atoms with Gasteiger partial charge in [0, 0.05) is 32.2 Å². The smallest absolute Gasteiger partial charge is 0.274 e. The average Bonchev–Trinajstić information content (AvgIpc) is 3.19. The van der Waals surface area contributed by atoms with Gasteiger partial charge in [-0.15, -0.1) is 10.2 Å². The van der Waals surface area contributed by atoms with Crippen molar-refractivity contribution < 1.29 is 13.9 Å². The third-order valence-electron chi connectivity index (χ3n) is 3.58. The van der Waals surface area contributed by atoms with Crippen LogP contribution in [0.4, 0.5) is 5.13 Å². The number of hydrogen-bond donors (Lipinski definition) is 1. The highest BCUT2D eigenvalue weighted by Crippen LogP contribution is 2.28. The fourth-order valence-corrected chi connectivity index (χ4v) is 3.86. The molecule has 134 valence electrons. The van der Waals surface area contributed by atoms with Crippen LogP contribution in [0.1, 0.15) is 29.3 Å². The zero-order valence-corrected chi connectivity index (χ0v) is 16.6. The molecule has 7 nitrogen and oxygen atoms in total. The molecule has 0 aliphatic carbocycles. The molecule has 0 aliphatic heterocycles. The molecule has 3 heterocycles. The van der Waals surface area contributed by atoms with E-state index in [4.69, 9.17) is 9.15 Å². The summed E-state index contributed by atoms with van der Waals surface area (Å²) in [6.45, 7) is 5.28. The van der Waals surface area contributed by atoms with E-state index in [0.29, 0.717) is 40.1 Å². The minimum atomic E-state index is -0.245. The van der Waals surface area contributed by atoms with Gasteiger partial charge in [0.25, 0.3) is 5.91 Å². The SMILES string of the molecule is COCCn1c(C(=O)Nc2nnc(CC(C)C)s2)cc2oc(Br)cc21. The number of fused-ring (bicyclic) bond motifs is 1. The number of halogens is 1. The summed E-state index contributed by atoms with van der Waals surface area (Å²) in [5.74, 6) is 0.249. The Hall–Kier alpha value is -1.71. The molecule has 1 N–H and O–H groups in total. The summed E-state index contributed by atoms with van der Waals surface area (Å²) in [5, 5.41) is 12.4. The van der Waals surface area contributed by atoms with E-state index in [1.807, 2.05) is 10.6 Å². The highest BCUT2D eigenvalue weighted by molar-refractivity contribution is 9.10. The number of carbonyl (C=O) groups is 1. The van der Waals surface area contributed by atoms with E-state index in [1.165, 1.54) is 11.3 Å². The van der Waals surface area contributed by atoms with Crippen molar-refractivity contribution in [3.63, 3.8) is 0 Å². The molecule has 0 fully saturated rings. The first-order valence-electron chi connectivity index (χ1n) is 7.89. The summed E-state index contributed by atoms with van der Waals surface area (Å²) >= 11 is 4.72. The van der Waals surface area contributed by atoms with Crippen LogP contribution in [-0.2, 0) is 17.7 Å². The van der Waals surface area contributed by atoms with Gasteiger partial charge in [-0.1, -0.05) is 25.2 Å². The molecule has 3 rings (SSSR count). The first-order valence-corrected chi connectivity index (χ1v) is 9.50. The van der Waals surface area contributed by atoms with Crippen LogP contribution >= 0.6 is 27.3 Å². The van der Waals surface area contributed by atoms with Crippen LogP contribution < -0.4 is 5.32 Å². The molecule has 3 aromatic heterocycles. The van der Waals surface area contributed by atoms with Crippen molar-refractivity contribution in [2.45, 2.75) is 26.8 Å². The molecular weight excluding hydrogens is 408 g/mol. The fourth-order valence-electron chi connectivity index (χ4n) is 2.52. The molecule has 0 bridgehead atoms. The number of ether oxygens (including phenoxy) is 1. The summed E-state index contributed by atoms with van der Waals surface area (Å²) in [7, 11) is 1.63. The Morgan fingerprint density at radius 1 is 1.44 bits per heavy atom. The van der Waals surface area contributed by atoms with Gasteiger partial charge in [-0.3, -0.25) is 10.1 Å². The molecule has 0 radical (unpaired) electrons. The normalized spacial score (nSPS) is 11.6. The summed E-state index contributed by atoms with van der Waals surface area (Å²) < 4.78 is 13.2. The van der Waals surface area contributed by atoms with E-state index >= 15 is 0 Å². The molecule has 25 heavy (non-hydrogen) atoms. The quantitative estimate of drug-likeness (QED) is 0.618. The van der Waals surface area contributed by atoms with E-state index in [9.17, 15) is 4.79 Å². The monoisotopic (exact) mass is 426 g/mol. The molecule has 0 aromatic carbocycles. The minimum absolute atomic E-state index is 0.245. The Labute approximate surface area is 157 Å². The van der Waals surface area contributed by atoms with Crippen LogP contribution in [-0.4, -0.2) is 34.4 Å². The maximum Gasteiger partial charge on any atom is 0.274 e. The second kappa shape index (κ2) is 7.67. The van der Waals surface area contributed by atoms with Gasteiger partial charge in [-0.25, -0.2) is 0 Å². The predicted molar refractivity (Wildman–Crippen MR) is 100 cm³/mol. The first-order chi connectivity index (χ1) is 12.0. The topological polar surface area (TPSA) is 82.2 Å². The van der Waals surface area contributed by atoms with Crippen molar-refractivity contribution in [2.75, 3.05) is 19.0 Å². The first kappa shape index (κ1) is 18.1. The molecular formula is C16H19BrN4O3S. The lowest BCUT2D eigenvalue weighted by Gasteiger charge is -2.08. The summed E-state index contributed by atoms with van der Waals surface area (Å²) in [6, 6.07) is 3.56. The number of furan rings is 1. The number of amides is 1. The van der Waals surface area contributed by atoms with Gasteiger partial charge in [0.15, 0.2) is 10.3 Å². The van der Waals surface area contributed by atoms with Crippen molar-refractivity contribution in [3.05, 3.63) is 27.5 Å². The van der Waals surface area contributed by atoms with Crippen LogP contribution in [0, 0.1) is 5.92 Å². The highest BCUT2D eigenvalue weighted by atomic mass is 79.9. The molecule has 0 atom stereocenters. The van der Waals surface area contributed by atoms with Gasteiger partial charge in [0.2, 0.25) is 5.13 Å². The highest BCUT2D eigenvalue weighted by Gasteiger charge is 2.20. The Bertz CT molecular complexity index is 883. The van der Waals surface area contributed by atoms with Crippen molar-refractivity contribution in [1.29, 1.82) is 0 Å². The third-order valence-corrected chi connectivity index (χ3v) is 4.83. The zero-order chi connectivity index (χ0) is 18.0. The lowest BCUT2D eigenvalue weighted by molar-refractivity contribution is 0.101.